The van der Waals surface area contributed by atoms with E-state index in [1.165, 1.54) is 0 Å². The summed E-state index contributed by atoms with van der Waals surface area (Å²) >= 11 is 0. The maximum Gasteiger partial charge on any atom is 0.236 e. The summed E-state index contributed by atoms with van der Waals surface area (Å²) in [6, 6.07) is 18.9. The third-order valence-electron chi connectivity index (χ3n) is 4.20. The SMILES string of the molecule is N#Cc1c(N)oc(-c2ccccc2)c1C1C(=O)Nc2ccccc21. The topological polar surface area (TPSA) is 92.1 Å². The van der Waals surface area contributed by atoms with Gasteiger partial charge in [-0.15, -0.1) is 0 Å². The molecule has 3 aromatic rings. The number of anilines is 2. The van der Waals surface area contributed by atoms with Gasteiger partial charge in [-0.3, -0.25) is 4.79 Å². The molecule has 0 bridgehead atoms. The Morgan fingerprint density at radius 2 is 1.79 bits per heavy atom. The summed E-state index contributed by atoms with van der Waals surface area (Å²) < 4.78 is 5.67. The Balaban J connectivity index is 1.99. The molecular weight excluding hydrogens is 302 g/mol. The van der Waals surface area contributed by atoms with E-state index >= 15 is 0 Å². The number of fused-ring (bicyclic) bond motifs is 1. The van der Waals surface area contributed by atoms with Gasteiger partial charge in [0, 0.05) is 16.8 Å². The van der Waals surface area contributed by atoms with E-state index in [0.717, 1.165) is 16.8 Å². The van der Waals surface area contributed by atoms with E-state index < -0.39 is 5.92 Å². The highest BCUT2D eigenvalue weighted by Crippen LogP contribution is 2.45. The van der Waals surface area contributed by atoms with Crippen molar-refractivity contribution in [3.05, 3.63) is 71.3 Å². The molecule has 2 aromatic carbocycles. The molecule has 0 saturated carbocycles. The van der Waals surface area contributed by atoms with Crippen molar-refractivity contribution in [3.63, 3.8) is 0 Å². The number of hydrogen-bond acceptors (Lipinski definition) is 4. The van der Waals surface area contributed by atoms with E-state index in [1.54, 1.807) is 0 Å². The molecular formula is C19H13N3O2. The molecule has 0 fully saturated rings. The number of nitrogens with one attached hydrogen (secondary N) is 1. The summed E-state index contributed by atoms with van der Waals surface area (Å²) in [6.07, 6.45) is 0. The molecule has 1 atom stereocenters. The number of hydrogen-bond donors (Lipinski definition) is 2. The lowest BCUT2D eigenvalue weighted by Crippen LogP contribution is -2.14. The van der Waals surface area contributed by atoms with Crippen LogP contribution >= 0.6 is 0 Å². The summed E-state index contributed by atoms with van der Waals surface area (Å²) in [6.45, 7) is 0. The van der Waals surface area contributed by atoms with Gasteiger partial charge in [-0.05, 0) is 11.6 Å². The van der Waals surface area contributed by atoms with Crippen molar-refractivity contribution in [2.24, 2.45) is 0 Å². The van der Waals surface area contributed by atoms with E-state index in [1.807, 2.05) is 54.6 Å². The van der Waals surface area contributed by atoms with Crippen LogP contribution in [0.2, 0.25) is 0 Å². The first-order valence-electron chi connectivity index (χ1n) is 7.48. The van der Waals surface area contributed by atoms with Crippen LogP contribution < -0.4 is 11.1 Å². The molecule has 1 aliphatic heterocycles. The summed E-state index contributed by atoms with van der Waals surface area (Å²) in [7, 11) is 0. The number of benzene rings is 2. The van der Waals surface area contributed by atoms with Gasteiger partial charge in [0.2, 0.25) is 11.8 Å². The van der Waals surface area contributed by atoms with Crippen LogP contribution in [0.3, 0.4) is 0 Å². The second-order valence-electron chi connectivity index (χ2n) is 5.57. The van der Waals surface area contributed by atoms with Gasteiger partial charge in [-0.1, -0.05) is 48.5 Å². The van der Waals surface area contributed by atoms with Crippen LogP contribution in [-0.4, -0.2) is 5.91 Å². The molecule has 0 radical (unpaired) electrons. The number of nitriles is 1. The molecule has 0 spiro atoms. The van der Waals surface area contributed by atoms with E-state index in [0.29, 0.717) is 11.3 Å². The predicted octanol–water partition coefficient (Wildman–Crippen LogP) is 3.48. The molecule has 1 aromatic heterocycles. The monoisotopic (exact) mass is 315 g/mol. The van der Waals surface area contributed by atoms with Gasteiger partial charge in [0.25, 0.3) is 0 Å². The standard InChI is InChI=1S/C19H13N3O2/c20-10-13-15(16-12-8-4-5-9-14(12)22-19(16)23)17(24-18(13)21)11-6-2-1-3-7-11/h1-9,16H,21H2,(H,22,23). The first-order chi connectivity index (χ1) is 11.7. The largest absolute Gasteiger partial charge is 0.439 e. The molecule has 116 valence electrons. The number of furan rings is 1. The second kappa shape index (κ2) is 5.28. The summed E-state index contributed by atoms with van der Waals surface area (Å²) in [5, 5.41) is 12.4. The normalized spacial score (nSPS) is 15.6. The molecule has 0 saturated heterocycles. The summed E-state index contributed by atoms with van der Waals surface area (Å²) in [4.78, 5) is 12.6. The van der Waals surface area contributed by atoms with Gasteiger partial charge in [0.05, 0.1) is 5.92 Å². The van der Waals surface area contributed by atoms with Crippen molar-refractivity contribution < 1.29 is 9.21 Å². The smallest absolute Gasteiger partial charge is 0.236 e. The van der Waals surface area contributed by atoms with Crippen LogP contribution in [0.5, 0.6) is 0 Å². The molecule has 5 heteroatoms. The average molecular weight is 315 g/mol. The molecule has 5 nitrogen and oxygen atoms in total. The zero-order chi connectivity index (χ0) is 16.7. The molecule has 1 unspecified atom stereocenters. The van der Waals surface area contributed by atoms with E-state index in [9.17, 15) is 10.1 Å². The summed E-state index contributed by atoms with van der Waals surface area (Å²) in [5.41, 5.74) is 8.97. The Bertz CT molecular complexity index is 984. The zero-order valence-electron chi connectivity index (χ0n) is 12.6. The Morgan fingerprint density at radius 1 is 1.08 bits per heavy atom. The number of carbonyl (C=O) groups is 1. The van der Waals surface area contributed by atoms with Crippen molar-refractivity contribution in [2.75, 3.05) is 11.1 Å². The minimum atomic E-state index is -0.618. The van der Waals surface area contributed by atoms with Gasteiger partial charge in [-0.25, -0.2) is 0 Å². The highest BCUT2D eigenvalue weighted by Gasteiger charge is 2.38. The molecule has 24 heavy (non-hydrogen) atoms. The highest BCUT2D eigenvalue weighted by atomic mass is 16.4. The maximum atomic E-state index is 12.6. The molecule has 4 rings (SSSR count). The third kappa shape index (κ3) is 1.97. The van der Waals surface area contributed by atoms with Gasteiger partial charge in [0.15, 0.2) is 0 Å². The fraction of sp³-hybridized carbons (Fsp3) is 0.0526. The third-order valence-corrected chi connectivity index (χ3v) is 4.20. The van der Waals surface area contributed by atoms with Gasteiger partial charge in [0.1, 0.15) is 17.4 Å². The van der Waals surface area contributed by atoms with Crippen LogP contribution in [-0.2, 0) is 4.79 Å². The van der Waals surface area contributed by atoms with Crippen LogP contribution in [0.1, 0.15) is 22.6 Å². The number of amides is 1. The van der Waals surface area contributed by atoms with Crippen molar-refractivity contribution in [1.29, 1.82) is 5.26 Å². The van der Waals surface area contributed by atoms with Crippen molar-refractivity contribution >= 4 is 17.5 Å². The zero-order valence-corrected chi connectivity index (χ0v) is 12.6. The van der Waals surface area contributed by atoms with Crippen molar-refractivity contribution in [3.8, 4) is 17.4 Å². The van der Waals surface area contributed by atoms with E-state index in [4.69, 9.17) is 10.2 Å². The fourth-order valence-electron chi connectivity index (χ4n) is 3.15. The van der Waals surface area contributed by atoms with Crippen LogP contribution in [0.4, 0.5) is 11.6 Å². The first kappa shape index (κ1) is 14.1. The Morgan fingerprint density at radius 3 is 2.54 bits per heavy atom. The van der Waals surface area contributed by atoms with Crippen molar-refractivity contribution in [1.82, 2.24) is 0 Å². The lowest BCUT2D eigenvalue weighted by atomic mass is 9.88. The number of rotatable bonds is 2. The summed E-state index contributed by atoms with van der Waals surface area (Å²) in [5.74, 6) is -0.317. The lowest BCUT2D eigenvalue weighted by Gasteiger charge is -2.10. The Kier molecular flexibility index (Phi) is 3.10. The Labute approximate surface area is 138 Å². The van der Waals surface area contributed by atoms with Crippen molar-refractivity contribution in [2.45, 2.75) is 5.92 Å². The lowest BCUT2D eigenvalue weighted by molar-refractivity contribution is -0.116. The predicted molar refractivity (Wildman–Crippen MR) is 90.2 cm³/mol. The number of nitrogens with zero attached hydrogens (tertiary/aromatic N) is 1. The molecule has 1 aliphatic rings. The average Bonchev–Trinajstić information content (AvgIpc) is 3.11. The van der Waals surface area contributed by atoms with Crippen LogP contribution in [0.15, 0.2) is 59.0 Å². The molecule has 3 N–H and O–H groups in total. The first-order valence-corrected chi connectivity index (χ1v) is 7.48. The number of nitrogens with two attached hydrogens (primary N) is 1. The molecule has 2 heterocycles. The number of carbonyl (C=O) groups excluding carboxylic acids is 1. The second-order valence-corrected chi connectivity index (χ2v) is 5.57. The Hall–Kier alpha value is -3.52. The van der Waals surface area contributed by atoms with Gasteiger partial charge in [-0.2, -0.15) is 5.26 Å². The minimum Gasteiger partial charge on any atom is -0.439 e. The number of para-hydroxylation sites is 1. The van der Waals surface area contributed by atoms with Gasteiger partial charge < -0.3 is 15.5 Å². The minimum absolute atomic E-state index is 0.0311. The van der Waals surface area contributed by atoms with E-state index in [2.05, 4.69) is 11.4 Å². The number of nitrogen functional groups attached to an aromatic ring is 1. The highest BCUT2D eigenvalue weighted by molar-refractivity contribution is 6.06. The fourth-order valence-corrected chi connectivity index (χ4v) is 3.15. The molecule has 1 amide bonds. The molecule has 0 aliphatic carbocycles. The van der Waals surface area contributed by atoms with E-state index in [-0.39, 0.29) is 17.4 Å². The van der Waals surface area contributed by atoms with Crippen LogP contribution in [0.25, 0.3) is 11.3 Å². The van der Waals surface area contributed by atoms with Crippen LogP contribution in [0, 0.1) is 11.3 Å². The van der Waals surface area contributed by atoms with Gasteiger partial charge >= 0.3 is 0 Å². The quantitative estimate of drug-likeness (QED) is 0.757. The maximum absolute atomic E-state index is 12.6.